The number of carboxylic acids is 1. The lowest BCUT2D eigenvalue weighted by molar-refractivity contribution is -0.137. The molecule has 0 aromatic heterocycles. The van der Waals surface area contributed by atoms with Gasteiger partial charge in [-0.05, 0) is 19.3 Å². The molecule has 6 heteroatoms. The Kier molecular flexibility index (Phi) is 8.14. The molecule has 0 fully saturated rings. The molecule has 6 nitrogen and oxygen atoms in total. The third kappa shape index (κ3) is 7.00. The highest BCUT2D eigenvalue weighted by Crippen LogP contribution is 2.11. The molecule has 1 atom stereocenters. The molecule has 2 amide bonds. The lowest BCUT2D eigenvalue weighted by Crippen LogP contribution is -2.48. The van der Waals surface area contributed by atoms with Gasteiger partial charge in [0.2, 0.25) is 0 Å². The molecule has 0 radical (unpaired) electrons. The number of hydrogen-bond donors (Lipinski definition) is 1. The van der Waals surface area contributed by atoms with Gasteiger partial charge in [-0.3, -0.25) is 4.79 Å². The molecular formula is C13H26N2O4. The SMILES string of the molecule is COCCN(CC(=O)O)C(=O)N(C)C(C)CC(C)C. The summed E-state index contributed by atoms with van der Waals surface area (Å²) in [5.41, 5.74) is 0. The van der Waals surface area contributed by atoms with Crippen LogP contribution in [-0.4, -0.2) is 66.8 Å². The van der Waals surface area contributed by atoms with Crippen molar-refractivity contribution in [2.24, 2.45) is 5.92 Å². The van der Waals surface area contributed by atoms with Crippen LogP contribution >= 0.6 is 0 Å². The van der Waals surface area contributed by atoms with Gasteiger partial charge in [0, 0.05) is 26.7 Å². The van der Waals surface area contributed by atoms with Gasteiger partial charge in [0.05, 0.1) is 6.61 Å². The van der Waals surface area contributed by atoms with Crippen molar-refractivity contribution >= 4 is 12.0 Å². The van der Waals surface area contributed by atoms with E-state index in [1.807, 2.05) is 6.92 Å². The van der Waals surface area contributed by atoms with E-state index in [0.717, 1.165) is 6.42 Å². The van der Waals surface area contributed by atoms with Crippen LogP contribution in [0.5, 0.6) is 0 Å². The molecule has 1 unspecified atom stereocenters. The second-order valence-corrected chi connectivity index (χ2v) is 5.18. The average Bonchev–Trinajstić information content (AvgIpc) is 2.31. The molecule has 0 aromatic rings. The predicted molar refractivity (Wildman–Crippen MR) is 73.2 cm³/mol. The Hall–Kier alpha value is -1.30. The van der Waals surface area contributed by atoms with Crippen molar-refractivity contribution in [1.82, 2.24) is 9.80 Å². The number of carboxylic acid groups (broad SMARTS) is 1. The summed E-state index contributed by atoms with van der Waals surface area (Å²) in [6.07, 6.45) is 0.882. The Morgan fingerprint density at radius 1 is 1.26 bits per heavy atom. The highest BCUT2D eigenvalue weighted by atomic mass is 16.5. The third-order valence-corrected chi connectivity index (χ3v) is 2.94. The molecule has 112 valence electrons. The zero-order chi connectivity index (χ0) is 15.0. The number of rotatable bonds is 8. The first kappa shape index (κ1) is 17.7. The van der Waals surface area contributed by atoms with Crippen molar-refractivity contribution in [1.29, 1.82) is 0 Å². The monoisotopic (exact) mass is 274 g/mol. The summed E-state index contributed by atoms with van der Waals surface area (Å²) in [5.74, 6) is -0.536. The summed E-state index contributed by atoms with van der Waals surface area (Å²) >= 11 is 0. The number of nitrogens with zero attached hydrogens (tertiary/aromatic N) is 2. The molecular weight excluding hydrogens is 248 g/mol. The number of aliphatic carboxylic acids is 1. The number of ether oxygens (including phenoxy) is 1. The van der Waals surface area contributed by atoms with Gasteiger partial charge in [-0.25, -0.2) is 4.79 Å². The van der Waals surface area contributed by atoms with Crippen molar-refractivity contribution in [2.45, 2.75) is 33.2 Å². The first-order chi connectivity index (χ1) is 8.79. The van der Waals surface area contributed by atoms with Gasteiger partial charge in [-0.1, -0.05) is 13.8 Å². The normalized spacial score (nSPS) is 12.3. The van der Waals surface area contributed by atoms with E-state index >= 15 is 0 Å². The molecule has 0 spiro atoms. The van der Waals surface area contributed by atoms with Crippen LogP contribution in [0.1, 0.15) is 27.2 Å². The number of urea groups is 1. The maximum atomic E-state index is 12.2. The third-order valence-electron chi connectivity index (χ3n) is 2.94. The van der Waals surface area contributed by atoms with Crippen LogP contribution < -0.4 is 0 Å². The van der Waals surface area contributed by atoms with Crippen molar-refractivity contribution in [3.05, 3.63) is 0 Å². The van der Waals surface area contributed by atoms with Crippen molar-refractivity contribution in [3.63, 3.8) is 0 Å². The Labute approximate surface area is 115 Å². The van der Waals surface area contributed by atoms with Crippen LogP contribution in [-0.2, 0) is 9.53 Å². The number of hydrogen-bond acceptors (Lipinski definition) is 3. The maximum absolute atomic E-state index is 12.2. The highest BCUT2D eigenvalue weighted by molar-refractivity contribution is 5.80. The fraction of sp³-hybridized carbons (Fsp3) is 0.846. The second kappa shape index (κ2) is 8.74. The van der Waals surface area contributed by atoms with E-state index in [1.54, 1.807) is 11.9 Å². The Morgan fingerprint density at radius 2 is 1.84 bits per heavy atom. The maximum Gasteiger partial charge on any atom is 0.323 e. The summed E-state index contributed by atoms with van der Waals surface area (Å²) in [4.78, 5) is 25.9. The molecule has 0 saturated heterocycles. The number of methoxy groups -OCH3 is 1. The van der Waals surface area contributed by atoms with E-state index in [4.69, 9.17) is 9.84 Å². The number of carbonyl (C=O) groups is 2. The molecule has 0 saturated carbocycles. The van der Waals surface area contributed by atoms with Gasteiger partial charge in [-0.2, -0.15) is 0 Å². The van der Waals surface area contributed by atoms with Crippen molar-refractivity contribution in [2.75, 3.05) is 33.9 Å². The van der Waals surface area contributed by atoms with Crippen LogP contribution in [0.4, 0.5) is 4.79 Å². The Bertz CT molecular complexity index is 294. The lowest BCUT2D eigenvalue weighted by Gasteiger charge is -2.31. The molecule has 1 N–H and O–H groups in total. The topological polar surface area (TPSA) is 70.1 Å². The van der Waals surface area contributed by atoms with Crippen LogP contribution in [0.25, 0.3) is 0 Å². The Balaban J connectivity index is 4.62. The van der Waals surface area contributed by atoms with Gasteiger partial charge in [0.15, 0.2) is 0 Å². The minimum absolute atomic E-state index is 0.0753. The first-order valence-corrected chi connectivity index (χ1v) is 6.52. The summed E-state index contributed by atoms with van der Waals surface area (Å²) < 4.78 is 4.90. The van der Waals surface area contributed by atoms with Gasteiger partial charge >= 0.3 is 12.0 Å². The fourth-order valence-corrected chi connectivity index (χ4v) is 1.86. The zero-order valence-corrected chi connectivity index (χ0v) is 12.5. The molecule has 0 bridgehead atoms. The minimum atomic E-state index is -1.02. The zero-order valence-electron chi connectivity index (χ0n) is 12.5. The molecule has 0 rings (SSSR count). The Morgan fingerprint density at radius 3 is 2.26 bits per heavy atom. The van der Waals surface area contributed by atoms with E-state index in [1.165, 1.54) is 12.0 Å². The predicted octanol–water partition coefficient (Wildman–Crippen LogP) is 1.51. The first-order valence-electron chi connectivity index (χ1n) is 6.52. The van der Waals surface area contributed by atoms with E-state index in [2.05, 4.69) is 13.8 Å². The summed E-state index contributed by atoms with van der Waals surface area (Å²) in [7, 11) is 3.23. The lowest BCUT2D eigenvalue weighted by atomic mass is 10.0. The number of amides is 2. The standard InChI is InChI=1S/C13H26N2O4/c1-10(2)8-11(3)14(4)13(18)15(6-7-19-5)9-12(16)17/h10-11H,6-9H2,1-5H3,(H,16,17). The summed E-state index contributed by atoms with van der Waals surface area (Å²) in [5, 5.41) is 8.84. The molecule has 0 aliphatic carbocycles. The van der Waals surface area contributed by atoms with Gasteiger partial charge in [0.25, 0.3) is 0 Å². The fourth-order valence-electron chi connectivity index (χ4n) is 1.86. The summed E-state index contributed by atoms with van der Waals surface area (Å²) in [6.45, 7) is 6.45. The number of carbonyl (C=O) groups excluding carboxylic acids is 1. The molecule has 0 heterocycles. The van der Waals surface area contributed by atoms with Crippen LogP contribution in [0.2, 0.25) is 0 Å². The van der Waals surface area contributed by atoms with Crippen LogP contribution in [0.15, 0.2) is 0 Å². The van der Waals surface area contributed by atoms with E-state index in [0.29, 0.717) is 12.5 Å². The van der Waals surface area contributed by atoms with Gasteiger partial charge in [0.1, 0.15) is 6.54 Å². The molecule has 0 aliphatic heterocycles. The van der Waals surface area contributed by atoms with Gasteiger partial charge in [-0.15, -0.1) is 0 Å². The molecule has 0 aromatic carbocycles. The smallest absolute Gasteiger partial charge is 0.323 e. The van der Waals surface area contributed by atoms with E-state index in [9.17, 15) is 9.59 Å². The highest BCUT2D eigenvalue weighted by Gasteiger charge is 2.23. The minimum Gasteiger partial charge on any atom is -0.480 e. The largest absolute Gasteiger partial charge is 0.480 e. The molecule has 19 heavy (non-hydrogen) atoms. The van der Waals surface area contributed by atoms with Crippen molar-refractivity contribution < 1.29 is 19.4 Å². The van der Waals surface area contributed by atoms with E-state index < -0.39 is 5.97 Å². The quantitative estimate of drug-likeness (QED) is 0.728. The average molecular weight is 274 g/mol. The van der Waals surface area contributed by atoms with Gasteiger partial charge < -0.3 is 19.6 Å². The van der Waals surface area contributed by atoms with Crippen molar-refractivity contribution in [3.8, 4) is 0 Å². The summed E-state index contributed by atoms with van der Waals surface area (Å²) in [6, 6.07) is -0.195. The van der Waals surface area contributed by atoms with Crippen LogP contribution in [0, 0.1) is 5.92 Å². The molecule has 0 aliphatic rings. The van der Waals surface area contributed by atoms with E-state index in [-0.39, 0.29) is 25.2 Å². The second-order valence-electron chi connectivity index (χ2n) is 5.18. The van der Waals surface area contributed by atoms with Crippen LogP contribution in [0.3, 0.4) is 0 Å².